The molecule has 4 nitrogen and oxygen atoms in total. The Hall–Kier alpha value is -1.23. The summed E-state index contributed by atoms with van der Waals surface area (Å²) in [5.74, 6) is 1.27. The van der Waals surface area contributed by atoms with E-state index in [0.717, 1.165) is 0 Å². The molecular formula is C10H11BrO4. The summed E-state index contributed by atoms with van der Waals surface area (Å²) in [6, 6.07) is 1.66. The summed E-state index contributed by atoms with van der Waals surface area (Å²) in [7, 11) is 4.48. The molecule has 0 aromatic heterocycles. The second-order valence-electron chi connectivity index (χ2n) is 2.66. The normalized spacial score (nSPS) is 9.60. The van der Waals surface area contributed by atoms with E-state index in [0.29, 0.717) is 33.6 Å². The average Bonchev–Trinajstić information content (AvgIpc) is 2.27. The zero-order valence-corrected chi connectivity index (χ0v) is 10.3. The minimum Gasteiger partial charge on any atom is -0.493 e. The fourth-order valence-electron chi connectivity index (χ4n) is 1.26. The van der Waals surface area contributed by atoms with E-state index in [1.807, 2.05) is 0 Å². The van der Waals surface area contributed by atoms with Crippen molar-refractivity contribution in [3.63, 3.8) is 0 Å². The number of halogens is 1. The van der Waals surface area contributed by atoms with Gasteiger partial charge in [-0.2, -0.15) is 0 Å². The van der Waals surface area contributed by atoms with Gasteiger partial charge in [0.2, 0.25) is 5.75 Å². The Labute approximate surface area is 96.3 Å². The van der Waals surface area contributed by atoms with E-state index in [1.54, 1.807) is 6.07 Å². The fraction of sp³-hybridized carbons (Fsp3) is 0.300. The molecule has 15 heavy (non-hydrogen) atoms. The molecule has 0 aliphatic carbocycles. The lowest BCUT2D eigenvalue weighted by Gasteiger charge is -2.14. The van der Waals surface area contributed by atoms with Gasteiger partial charge in [-0.3, -0.25) is 4.79 Å². The number of carbonyl (C=O) groups excluding carboxylic acids is 1. The summed E-state index contributed by atoms with van der Waals surface area (Å²) in [6.45, 7) is 0. The van der Waals surface area contributed by atoms with Crippen molar-refractivity contribution in [3.8, 4) is 17.2 Å². The van der Waals surface area contributed by atoms with Crippen molar-refractivity contribution >= 4 is 22.2 Å². The summed E-state index contributed by atoms with van der Waals surface area (Å²) in [4.78, 5) is 10.9. The second kappa shape index (κ2) is 5.02. The highest BCUT2D eigenvalue weighted by atomic mass is 79.9. The molecule has 5 heteroatoms. The van der Waals surface area contributed by atoms with Crippen molar-refractivity contribution in [2.45, 2.75) is 0 Å². The van der Waals surface area contributed by atoms with Crippen LogP contribution >= 0.6 is 15.9 Å². The molecule has 0 saturated heterocycles. The van der Waals surface area contributed by atoms with Crippen molar-refractivity contribution in [1.29, 1.82) is 0 Å². The van der Waals surface area contributed by atoms with Gasteiger partial charge in [0.25, 0.3) is 0 Å². The molecule has 82 valence electrons. The van der Waals surface area contributed by atoms with Crippen LogP contribution in [0.15, 0.2) is 10.5 Å². The lowest BCUT2D eigenvalue weighted by Crippen LogP contribution is -1.99. The first-order chi connectivity index (χ1) is 7.19. The molecule has 0 atom stereocenters. The van der Waals surface area contributed by atoms with Crippen LogP contribution in [-0.2, 0) is 0 Å². The number of hydrogen-bond donors (Lipinski definition) is 0. The highest BCUT2D eigenvalue weighted by Crippen LogP contribution is 2.42. The Morgan fingerprint density at radius 3 is 2.13 bits per heavy atom. The van der Waals surface area contributed by atoms with E-state index in [-0.39, 0.29) is 0 Å². The molecule has 0 aliphatic heterocycles. The Balaban J connectivity index is 3.51. The topological polar surface area (TPSA) is 44.8 Å². The Bertz CT molecular complexity index is 376. The summed E-state index contributed by atoms with van der Waals surface area (Å²) >= 11 is 3.26. The highest BCUT2D eigenvalue weighted by molar-refractivity contribution is 9.10. The van der Waals surface area contributed by atoms with Gasteiger partial charge in [-0.1, -0.05) is 0 Å². The van der Waals surface area contributed by atoms with Crippen LogP contribution < -0.4 is 14.2 Å². The first-order valence-electron chi connectivity index (χ1n) is 4.13. The molecule has 0 heterocycles. The average molecular weight is 275 g/mol. The molecule has 0 spiro atoms. The third-order valence-corrected chi connectivity index (χ3v) is 2.59. The first-order valence-corrected chi connectivity index (χ1v) is 4.92. The Morgan fingerprint density at radius 2 is 1.73 bits per heavy atom. The Morgan fingerprint density at radius 1 is 1.13 bits per heavy atom. The van der Waals surface area contributed by atoms with Crippen LogP contribution in [-0.4, -0.2) is 27.6 Å². The largest absolute Gasteiger partial charge is 0.493 e. The van der Waals surface area contributed by atoms with E-state index >= 15 is 0 Å². The third-order valence-electron chi connectivity index (χ3n) is 1.94. The van der Waals surface area contributed by atoms with Gasteiger partial charge >= 0.3 is 0 Å². The van der Waals surface area contributed by atoms with Crippen LogP contribution in [0, 0.1) is 0 Å². The number of ether oxygens (including phenoxy) is 3. The zero-order valence-electron chi connectivity index (χ0n) is 8.67. The molecule has 0 radical (unpaired) electrons. The van der Waals surface area contributed by atoms with E-state index in [1.165, 1.54) is 21.3 Å². The van der Waals surface area contributed by atoms with Gasteiger partial charge in [-0.25, -0.2) is 0 Å². The van der Waals surface area contributed by atoms with Gasteiger partial charge in [0, 0.05) is 4.47 Å². The lowest BCUT2D eigenvalue weighted by molar-refractivity contribution is 0.111. The molecule has 0 bridgehead atoms. The van der Waals surface area contributed by atoms with Crippen LogP contribution in [0.4, 0.5) is 0 Å². The number of carbonyl (C=O) groups is 1. The maximum Gasteiger partial charge on any atom is 0.204 e. The molecule has 0 fully saturated rings. The predicted molar refractivity (Wildman–Crippen MR) is 59.2 cm³/mol. The lowest BCUT2D eigenvalue weighted by atomic mass is 10.2. The van der Waals surface area contributed by atoms with Gasteiger partial charge in [-0.15, -0.1) is 0 Å². The van der Waals surface area contributed by atoms with E-state index < -0.39 is 0 Å². The molecule has 0 saturated carbocycles. The number of methoxy groups -OCH3 is 3. The quantitative estimate of drug-likeness (QED) is 0.791. The van der Waals surface area contributed by atoms with E-state index in [2.05, 4.69) is 15.9 Å². The molecule has 1 aromatic carbocycles. The summed E-state index contributed by atoms with van der Waals surface area (Å²) in [5, 5.41) is 0. The summed E-state index contributed by atoms with van der Waals surface area (Å²) in [6.07, 6.45) is 0.699. The maximum atomic E-state index is 10.9. The molecule has 1 aromatic rings. The maximum absolute atomic E-state index is 10.9. The van der Waals surface area contributed by atoms with Crippen LogP contribution in [0.25, 0.3) is 0 Å². The first kappa shape index (κ1) is 11.8. The number of hydrogen-bond acceptors (Lipinski definition) is 4. The van der Waals surface area contributed by atoms with Crippen molar-refractivity contribution < 1.29 is 19.0 Å². The summed E-state index contributed by atoms with van der Waals surface area (Å²) in [5.41, 5.74) is 0.398. The molecular weight excluding hydrogens is 264 g/mol. The van der Waals surface area contributed by atoms with Crippen LogP contribution in [0.2, 0.25) is 0 Å². The van der Waals surface area contributed by atoms with Gasteiger partial charge < -0.3 is 14.2 Å². The number of rotatable bonds is 4. The van der Waals surface area contributed by atoms with Crippen LogP contribution in [0.1, 0.15) is 10.4 Å². The highest BCUT2D eigenvalue weighted by Gasteiger charge is 2.18. The zero-order chi connectivity index (χ0) is 11.4. The van der Waals surface area contributed by atoms with Crippen molar-refractivity contribution in [2.75, 3.05) is 21.3 Å². The molecule has 0 aliphatic rings. The predicted octanol–water partition coefficient (Wildman–Crippen LogP) is 2.29. The Kier molecular flexibility index (Phi) is 3.96. The van der Waals surface area contributed by atoms with Gasteiger partial charge in [0.15, 0.2) is 17.8 Å². The molecule has 0 amide bonds. The molecule has 0 N–H and O–H groups in total. The minimum absolute atomic E-state index is 0.360. The van der Waals surface area contributed by atoms with Crippen LogP contribution in [0.3, 0.4) is 0 Å². The number of aldehydes is 1. The smallest absolute Gasteiger partial charge is 0.204 e. The molecule has 0 unspecified atom stereocenters. The number of benzene rings is 1. The SMILES string of the molecule is COc1cc(Br)c(C=O)c(OC)c1OC. The second-order valence-corrected chi connectivity index (χ2v) is 3.51. The summed E-state index contributed by atoms with van der Waals surface area (Å²) < 4.78 is 16.0. The third kappa shape index (κ3) is 2.07. The van der Waals surface area contributed by atoms with Gasteiger partial charge in [0.05, 0.1) is 26.9 Å². The fourth-order valence-corrected chi connectivity index (χ4v) is 1.74. The van der Waals surface area contributed by atoms with Crippen molar-refractivity contribution in [3.05, 3.63) is 16.1 Å². The van der Waals surface area contributed by atoms with Gasteiger partial charge in [-0.05, 0) is 22.0 Å². The van der Waals surface area contributed by atoms with Crippen molar-refractivity contribution in [2.24, 2.45) is 0 Å². The van der Waals surface area contributed by atoms with Crippen LogP contribution in [0.5, 0.6) is 17.2 Å². The minimum atomic E-state index is 0.360. The monoisotopic (exact) mass is 274 g/mol. The van der Waals surface area contributed by atoms with Gasteiger partial charge in [0.1, 0.15) is 0 Å². The van der Waals surface area contributed by atoms with Crippen molar-refractivity contribution in [1.82, 2.24) is 0 Å². The van der Waals surface area contributed by atoms with E-state index in [4.69, 9.17) is 14.2 Å². The standard InChI is InChI=1S/C10H11BrO4/c1-13-8-4-7(11)6(5-12)9(14-2)10(8)15-3/h4-5H,1-3H3. The van der Waals surface area contributed by atoms with E-state index in [9.17, 15) is 4.79 Å². The molecule has 1 rings (SSSR count).